The van der Waals surface area contributed by atoms with Crippen LogP contribution in [0.4, 0.5) is 4.79 Å². The molecule has 0 unspecified atom stereocenters. The van der Waals surface area contributed by atoms with Crippen LogP contribution in [0.1, 0.15) is 42.7 Å². The molecule has 4 rings (SSSR count). The zero-order valence-corrected chi connectivity index (χ0v) is 20.0. The highest BCUT2D eigenvalue weighted by Crippen LogP contribution is 2.44. The van der Waals surface area contributed by atoms with Gasteiger partial charge in [0.2, 0.25) is 5.91 Å². The predicted octanol–water partition coefficient (Wildman–Crippen LogP) is 4.02. The summed E-state index contributed by atoms with van der Waals surface area (Å²) in [7, 11) is 0. The summed E-state index contributed by atoms with van der Waals surface area (Å²) in [5, 5.41) is 14.7. The molecule has 2 aliphatic carbocycles. The molecular weight excluding hydrogens is 452 g/mol. The van der Waals surface area contributed by atoms with E-state index in [4.69, 9.17) is 4.74 Å². The average Bonchev–Trinajstić information content (AvgIpc) is 3.12. The lowest BCUT2D eigenvalue weighted by atomic mass is 9.78. The van der Waals surface area contributed by atoms with Crippen LogP contribution >= 0.6 is 11.8 Å². The highest BCUT2D eigenvalue weighted by Gasteiger charge is 2.34. The van der Waals surface area contributed by atoms with Gasteiger partial charge >= 0.3 is 12.1 Å². The average molecular weight is 483 g/mol. The molecule has 2 amide bonds. The molecule has 2 aliphatic rings. The number of fused-ring (bicyclic) bond motifs is 3. The molecule has 1 atom stereocenters. The van der Waals surface area contributed by atoms with Gasteiger partial charge in [-0.1, -0.05) is 48.5 Å². The van der Waals surface area contributed by atoms with Crippen LogP contribution in [0.15, 0.2) is 48.5 Å². The van der Waals surface area contributed by atoms with Gasteiger partial charge < -0.3 is 20.5 Å². The number of amides is 2. The molecule has 7 nitrogen and oxygen atoms in total. The summed E-state index contributed by atoms with van der Waals surface area (Å²) in [6, 6.07) is 15.5. The number of aliphatic carboxylic acids is 1. The minimum Gasteiger partial charge on any atom is -0.480 e. The molecule has 3 N–H and O–H groups in total. The molecule has 0 bridgehead atoms. The fourth-order valence-electron chi connectivity index (χ4n) is 4.84. The van der Waals surface area contributed by atoms with E-state index in [0.29, 0.717) is 25.0 Å². The number of benzene rings is 2. The van der Waals surface area contributed by atoms with E-state index in [1.807, 2.05) is 30.5 Å². The van der Waals surface area contributed by atoms with Gasteiger partial charge in [0, 0.05) is 18.4 Å². The van der Waals surface area contributed by atoms with Crippen LogP contribution in [0, 0.1) is 5.92 Å². The van der Waals surface area contributed by atoms with Crippen LogP contribution in [-0.2, 0) is 14.3 Å². The van der Waals surface area contributed by atoms with E-state index in [9.17, 15) is 19.5 Å². The standard InChI is InChI=1S/C26H30N2O5S/c1-34-11-10-23(25(30)31)28-24(29)14-16-12-17(13-16)27-26(32)33-15-22-20-8-4-2-6-18(20)19-7-3-5-9-21(19)22/h2-9,16-17,22-23H,10-15H2,1H3,(H,27,32)(H,28,29)(H,30,31)/t16?,17?,23-/m0/s1. The van der Waals surface area contributed by atoms with Crippen molar-refractivity contribution in [3.05, 3.63) is 59.7 Å². The zero-order chi connectivity index (χ0) is 24.1. The first-order chi connectivity index (χ1) is 16.5. The number of carboxylic acid groups (broad SMARTS) is 1. The normalized spacial score (nSPS) is 19.3. The topological polar surface area (TPSA) is 105 Å². The van der Waals surface area contributed by atoms with Crippen molar-refractivity contribution < 1.29 is 24.2 Å². The van der Waals surface area contributed by atoms with Crippen molar-refractivity contribution in [1.29, 1.82) is 0 Å². The van der Waals surface area contributed by atoms with Crippen LogP contribution in [0.2, 0.25) is 0 Å². The third kappa shape index (κ3) is 5.55. The van der Waals surface area contributed by atoms with Gasteiger partial charge in [0.15, 0.2) is 0 Å². The van der Waals surface area contributed by atoms with E-state index in [2.05, 4.69) is 34.9 Å². The van der Waals surface area contributed by atoms with Crippen molar-refractivity contribution in [1.82, 2.24) is 10.6 Å². The van der Waals surface area contributed by atoms with Gasteiger partial charge in [-0.15, -0.1) is 0 Å². The second-order valence-electron chi connectivity index (χ2n) is 8.95. The Hall–Kier alpha value is -3.00. The highest BCUT2D eigenvalue weighted by atomic mass is 32.2. The maximum Gasteiger partial charge on any atom is 0.407 e. The lowest BCUT2D eigenvalue weighted by Gasteiger charge is -2.35. The number of nitrogens with one attached hydrogen (secondary N) is 2. The Balaban J connectivity index is 1.20. The summed E-state index contributed by atoms with van der Waals surface area (Å²) < 4.78 is 5.58. The SMILES string of the molecule is CSCC[C@H](NC(=O)CC1CC(NC(=O)OCC2c3ccccc3-c3ccccc32)C1)C(=O)O. The van der Waals surface area contributed by atoms with Gasteiger partial charge in [-0.25, -0.2) is 9.59 Å². The summed E-state index contributed by atoms with van der Waals surface area (Å²) in [6.07, 6.45) is 3.49. The number of carbonyl (C=O) groups excluding carboxylic acids is 2. The summed E-state index contributed by atoms with van der Waals surface area (Å²) in [5.74, 6) is -0.436. The molecule has 0 saturated heterocycles. The van der Waals surface area contributed by atoms with Gasteiger partial charge in [-0.05, 0) is 59.4 Å². The predicted molar refractivity (Wildman–Crippen MR) is 132 cm³/mol. The quantitative estimate of drug-likeness (QED) is 0.473. The smallest absolute Gasteiger partial charge is 0.407 e. The lowest BCUT2D eigenvalue weighted by molar-refractivity contribution is -0.142. The Morgan fingerprint density at radius 1 is 1.06 bits per heavy atom. The Bertz CT molecular complexity index is 1010. The lowest BCUT2D eigenvalue weighted by Crippen LogP contribution is -2.47. The Morgan fingerprint density at radius 2 is 1.68 bits per heavy atom. The molecule has 0 radical (unpaired) electrons. The third-order valence-corrected chi connectivity index (χ3v) is 7.26. The molecule has 1 saturated carbocycles. The molecule has 1 fully saturated rings. The molecular formula is C26H30N2O5S. The second kappa shape index (κ2) is 11.0. The summed E-state index contributed by atoms with van der Waals surface area (Å²) >= 11 is 1.55. The van der Waals surface area contributed by atoms with Crippen LogP contribution < -0.4 is 10.6 Å². The summed E-state index contributed by atoms with van der Waals surface area (Å²) in [6.45, 7) is 0.269. The maximum absolute atomic E-state index is 12.4. The van der Waals surface area contributed by atoms with E-state index >= 15 is 0 Å². The van der Waals surface area contributed by atoms with E-state index in [0.717, 1.165) is 0 Å². The summed E-state index contributed by atoms with van der Waals surface area (Å²) in [5.41, 5.74) is 4.71. The van der Waals surface area contributed by atoms with Crippen molar-refractivity contribution in [2.75, 3.05) is 18.6 Å². The van der Waals surface area contributed by atoms with Crippen LogP contribution in [0.25, 0.3) is 11.1 Å². The van der Waals surface area contributed by atoms with E-state index < -0.39 is 18.1 Å². The number of hydrogen-bond donors (Lipinski definition) is 3. The number of thioether (sulfide) groups is 1. The Morgan fingerprint density at radius 3 is 2.26 bits per heavy atom. The Kier molecular flexibility index (Phi) is 7.77. The summed E-state index contributed by atoms with van der Waals surface area (Å²) in [4.78, 5) is 35.9. The molecule has 0 aromatic heterocycles. The number of ether oxygens (including phenoxy) is 1. The van der Waals surface area contributed by atoms with Crippen LogP contribution in [-0.4, -0.2) is 53.8 Å². The number of rotatable bonds is 10. The number of carboxylic acids is 1. The monoisotopic (exact) mass is 482 g/mol. The maximum atomic E-state index is 12.4. The largest absolute Gasteiger partial charge is 0.480 e. The molecule has 0 aliphatic heterocycles. The van der Waals surface area contributed by atoms with E-state index in [1.165, 1.54) is 22.3 Å². The van der Waals surface area contributed by atoms with Crippen molar-refractivity contribution in [3.63, 3.8) is 0 Å². The molecule has 0 spiro atoms. The minimum atomic E-state index is -1.01. The van der Waals surface area contributed by atoms with Gasteiger partial charge in [0.05, 0.1) is 0 Å². The molecule has 2 aromatic rings. The molecule has 34 heavy (non-hydrogen) atoms. The van der Waals surface area contributed by atoms with E-state index in [1.54, 1.807) is 11.8 Å². The highest BCUT2D eigenvalue weighted by molar-refractivity contribution is 7.98. The molecule has 0 heterocycles. The minimum absolute atomic E-state index is 0.0178. The first-order valence-electron chi connectivity index (χ1n) is 11.6. The van der Waals surface area contributed by atoms with Gasteiger partial charge in [-0.3, -0.25) is 4.79 Å². The van der Waals surface area contributed by atoms with Crippen molar-refractivity contribution in [2.24, 2.45) is 5.92 Å². The first-order valence-corrected chi connectivity index (χ1v) is 13.0. The van der Waals surface area contributed by atoms with Crippen molar-refractivity contribution in [2.45, 2.75) is 43.7 Å². The number of carbonyl (C=O) groups is 3. The number of alkyl carbamates (subject to hydrolysis) is 1. The molecule has 2 aromatic carbocycles. The van der Waals surface area contributed by atoms with Crippen molar-refractivity contribution in [3.8, 4) is 11.1 Å². The van der Waals surface area contributed by atoms with Gasteiger partial charge in [-0.2, -0.15) is 11.8 Å². The first kappa shape index (κ1) is 24.1. The second-order valence-corrected chi connectivity index (χ2v) is 9.93. The number of hydrogen-bond acceptors (Lipinski definition) is 5. The van der Waals surface area contributed by atoms with Crippen molar-refractivity contribution >= 4 is 29.7 Å². The van der Waals surface area contributed by atoms with Gasteiger partial charge in [0.1, 0.15) is 12.6 Å². The zero-order valence-electron chi connectivity index (χ0n) is 19.2. The molecule has 8 heteroatoms. The van der Waals surface area contributed by atoms with E-state index in [-0.39, 0.29) is 36.8 Å². The van der Waals surface area contributed by atoms with Crippen LogP contribution in [0.5, 0.6) is 0 Å². The van der Waals surface area contributed by atoms with Crippen LogP contribution in [0.3, 0.4) is 0 Å². The fraction of sp³-hybridized carbons (Fsp3) is 0.423. The fourth-order valence-corrected chi connectivity index (χ4v) is 5.31. The van der Waals surface area contributed by atoms with Gasteiger partial charge in [0.25, 0.3) is 0 Å². The third-order valence-electron chi connectivity index (χ3n) is 6.62. The Labute approximate surface area is 203 Å². The molecule has 180 valence electrons.